The maximum atomic E-state index is 13.7. The maximum Gasteiger partial charge on any atom is 0.435 e. The minimum absolute atomic E-state index is 0.347. The molecule has 1 aromatic carbocycles. The molecule has 158 valence electrons. The molecule has 0 N–H and O–H groups in total. The summed E-state index contributed by atoms with van der Waals surface area (Å²) in [5, 5.41) is 4.67. The number of hydrogen-bond donors (Lipinski definition) is 0. The Balaban J connectivity index is 1.98. The molecule has 0 radical (unpaired) electrons. The van der Waals surface area contributed by atoms with E-state index in [1.165, 1.54) is 28.0 Å². The van der Waals surface area contributed by atoms with Crippen molar-refractivity contribution in [2.45, 2.75) is 52.6 Å². The van der Waals surface area contributed by atoms with Crippen molar-refractivity contribution in [2.75, 3.05) is 0 Å². The zero-order valence-electron chi connectivity index (χ0n) is 16.9. The number of rotatable bonds is 5. The van der Waals surface area contributed by atoms with Crippen LogP contribution in [0.15, 0.2) is 24.3 Å². The zero-order valence-corrected chi connectivity index (χ0v) is 17.7. The van der Waals surface area contributed by atoms with Crippen LogP contribution in [-0.2, 0) is 12.6 Å². The molecule has 3 nitrogen and oxygen atoms in total. The van der Waals surface area contributed by atoms with E-state index in [-0.39, 0.29) is 5.82 Å². The lowest BCUT2D eigenvalue weighted by atomic mass is 10.1. The average Bonchev–Trinajstić information content (AvgIpc) is 3.17. The third kappa shape index (κ3) is 3.57. The number of nitrogens with zero attached hydrogens (tertiary/aromatic N) is 3. The summed E-state index contributed by atoms with van der Waals surface area (Å²) in [5.41, 5.74) is 2.02. The molecule has 0 bridgehead atoms. The fourth-order valence-corrected chi connectivity index (χ4v) is 5.03. The molecule has 0 aliphatic rings. The molecule has 0 fully saturated rings. The molecule has 0 spiro atoms. The van der Waals surface area contributed by atoms with E-state index in [0.29, 0.717) is 29.0 Å². The molecule has 4 rings (SSSR count). The van der Waals surface area contributed by atoms with E-state index in [0.717, 1.165) is 45.9 Å². The molecule has 0 unspecified atom stereocenters. The number of halogens is 4. The summed E-state index contributed by atoms with van der Waals surface area (Å²) in [4.78, 5) is 5.34. The van der Waals surface area contributed by atoms with Gasteiger partial charge < -0.3 is 0 Å². The van der Waals surface area contributed by atoms with Crippen LogP contribution in [0.2, 0.25) is 0 Å². The summed E-state index contributed by atoms with van der Waals surface area (Å²) in [5.74, 6) is -0.347. The lowest BCUT2D eigenvalue weighted by Crippen LogP contribution is -2.13. The van der Waals surface area contributed by atoms with Gasteiger partial charge in [-0.1, -0.05) is 19.8 Å². The molecule has 0 saturated heterocycles. The van der Waals surface area contributed by atoms with Crippen molar-refractivity contribution in [1.29, 1.82) is 0 Å². The molecule has 30 heavy (non-hydrogen) atoms. The number of benzene rings is 1. The van der Waals surface area contributed by atoms with E-state index in [1.807, 2.05) is 13.8 Å². The highest BCUT2D eigenvalue weighted by Gasteiger charge is 2.35. The Labute approximate surface area is 175 Å². The minimum atomic E-state index is -4.55. The number of aromatic nitrogens is 3. The van der Waals surface area contributed by atoms with Crippen LogP contribution in [0.4, 0.5) is 17.6 Å². The molecular weight excluding hydrogens is 414 g/mol. The second-order valence-corrected chi connectivity index (χ2v) is 8.54. The first-order valence-electron chi connectivity index (χ1n) is 9.86. The van der Waals surface area contributed by atoms with Crippen LogP contribution in [-0.4, -0.2) is 14.6 Å². The monoisotopic (exact) mass is 435 g/mol. The zero-order chi connectivity index (χ0) is 21.6. The Morgan fingerprint density at radius 3 is 2.57 bits per heavy atom. The molecule has 0 atom stereocenters. The van der Waals surface area contributed by atoms with Gasteiger partial charge in [0.1, 0.15) is 11.5 Å². The van der Waals surface area contributed by atoms with Crippen LogP contribution in [0.3, 0.4) is 0 Å². The first-order chi connectivity index (χ1) is 14.2. The molecule has 0 amide bonds. The highest BCUT2D eigenvalue weighted by molar-refractivity contribution is 7.22. The molecule has 0 aliphatic carbocycles. The molecule has 0 saturated carbocycles. The first-order valence-corrected chi connectivity index (χ1v) is 10.7. The Kier molecular flexibility index (Phi) is 5.30. The van der Waals surface area contributed by atoms with Gasteiger partial charge in [0.15, 0.2) is 11.3 Å². The fourth-order valence-electron chi connectivity index (χ4n) is 3.76. The quantitative estimate of drug-likeness (QED) is 0.247. The summed E-state index contributed by atoms with van der Waals surface area (Å²) >= 11 is 1.41. The van der Waals surface area contributed by atoms with Gasteiger partial charge in [0.05, 0.1) is 10.6 Å². The number of aryl methyl sites for hydroxylation is 3. The Morgan fingerprint density at radius 1 is 1.10 bits per heavy atom. The normalized spacial score (nSPS) is 12.4. The minimum Gasteiger partial charge on any atom is -0.231 e. The Morgan fingerprint density at radius 2 is 1.87 bits per heavy atom. The van der Waals surface area contributed by atoms with Gasteiger partial charge in [0, 0.05) is 4.70 Å². The van der Waals surface area contributed by atoms with Gasteiger partial charge in [-0.15, -0.1) is 11.3 Å². The maximum absolute atomic E-state index is 13.7. The third-order valence-electron chi connectivity index (χ3n) is 5.29. The molecular formula is C22H21F4N3S. The summed E-state index contributed by atoms with van der Waals surface area (Å²) in [6.45, 7) is 5.67. The van der Waals surface area contributed by atoms with Gasteiger partial charge in [-0.3, -0.25) is 0 Å². The van der Waals surface area contributed by atoms with Crippen LogP contribution in [0.1, 0.15) is 48.7 Å². The highest BCUT2D eigenvalue weighted by atomic mass is 32.1. The van der Waals surface area contributed by atoms with E-state index >= 15 is 0 Å². The summed E-state index contributed by atoms with van der Waals surface area (Å²) in [6, 6.07) is 5.65. The SMILES string of the molecule is CCCCCc1cc(C(F)(F)F)nn2c(-c3sc4ccc(F)cc4c3C)c(C)nc12. The molecule has 0 aliphatic heterocycles. The van der Waals surface area contributed by atoms with Crippen LogP contribution in [0, 0.1) is 19.7 Å². The van der Waals surface area contributed by atoms with Gasteiger partial charge in [-0.05, 0) is 67.5 Å². The number of imidazole rings is 1. The predicted octanol–water partition coefficient (Wildman–Crippen LogP) is 7.12. The molecule has 3 heterocycles. The van der Waals surface area contributed by atoms with Crippen molar-refractivity contribution in [1.82, 2.24) is 14.6 Å². The van der Waals surface area contributed by atoms with Crippen molar-refractivity contribution in [3.05, 3.63) is 52.6 Å². The van der Waals surface area contributed by atoms with E-state index in [4.69, 9.17) is 0 Å². The standard InChI is InChI=1S/C22H21F4N3S/c1-4-5-6-7-14-10-18(22(24,25)26)28-29-19(13(3)27-21(14)29)20-12(2)16-11-15(23)8-9-17(16)30-20/h8-11H,4-7H2,1-3H3. The molecule has 8 heteroatoms. The topological polar surface area (TPSA) is 30.2 Å². The van der Waals surface area contributed by atoms with Crippen LogP contribution < -0.4 is 0 Å². The second-order valence-electron chi connectivity index (χ2n) is 7.49. The van der Waals surface area contributed by atoms with Crippen molar-refractivity contribution < 1.29 is 17.6 Å². The van der Waals surface area contributed by atoms with Crippen molar-refractivity contribution in [3.63, 3.8) is 0 Å². The van der Waals surface area contributed by atoms with E-state index < -0.39 is 11.9 Å². The van der Waals surface area contributed by atoms with E-state index in [9.17, 15) is 17.6 Å². The van der Waals surface area contributed by atoms with Crippen LogP contribution in [0.5, 0.6) is 0 Å². The third-order valence-corrected chi connectivity index (χ3v) is 6.57. The van der Waals surface area contributed by atoms with E-state index in [2.05, 4.69) is 10.1 Å². The average molecular weight is 435 g/mol. The number of unbranched alkanes of at least 4 members (excludes halogenated alkanes) is 2. The van der Waals surface area contributed by atoms with Crippen LogP contribution >= 0.6 is 11.3 Å². The van der Waals surface area contributed by atoms with Crippen molar-refractivity contribution in [2.24, 2.45) is 0 Å². The highest BCUT2D eigenvalue weighted by Crippen LogP contribution is 2.40. The lowest BCUT2D eigenvalue weighted by molar-refractivity contribution is -0.141. The van der Waals surface area contributed by atoms with Gasteiger partial charge in [-0.2, -0.15) is 18.3 Å². The number of hydrogen-bond acceptors (Lipinski definition) is 3. The number of alkyl halides is 3. The number of thiophene rings is 1. The first kappa shape index (κ1) is 20.8. The Bertz CT molecular complexity index is 1240. The largest absolute Gasteiger partial charge is 0.435 e. The summed E-state index contributed by atoms with van der Waals surface area (Å²) in [6.07, 6.45) is -1.35. The van der Waals surface area contributed by atoms with Gasteiger partial charge in [-0.25, -0.2) is 13.9 Å². The van der Waals surface area contributed by atoms with Crippen molar-refractivity contribution >= 4 is 27.1 Å². The van der Waals surface area contributed by atoms with Crippen molar-refractivity contribution in [3.8, 4) is 10.6 Å². The molecule has 3 aromatic heterocycles. The number of fused-ring (bicyclic) bond motifs is 2. The fraction of sp³-hybridized carbons (Fsp3) is 0.364. The molecule has 4 aromatic rings. The van der Waals surface area contributed by atoms with Crippen LogP contribution in [0.25, 0.3) is 26.3 Å². The lowest BCUT2D eigenvalue weighted by Gasteiger charge is -2.11. The Hall–Kier alpha value is -2.48. The second kappa shape index (κ2) is 7.65. The van der Waals surface area contributed by atoms with Gasteiger partial charge >= 0.3 is 6.18 Å². The summed E-state index contributed by atoms with van der Waals surface area (Å²) < 4.78 is 56.7. The van der Waals surface area contributed by atoms with Gasteiger partial charge in [0.25, 0.3) is 0 Å². The smallest absolute Gasteiger partial charge is 0.231 e. The summed E-state index contributed by atoms with van der Waals surface area (Å²) in [7, 11) is 0. The van der Waals surface area contributed by atoms with E-state index in [1.54, 1.807) is 13.0 Å². The van der Waals surface area contributed by atoms with Gasteiger partial charge in [0.2, 0.25) is 0 Å². The predicted molar refractivity (Wildman–Crippen MR) is 111 cm³/mol.